The van der Waals surface area contributed by atoms with Gasteiger partial charge in [0.25, 0.3) is 5.91 Å². The Balaban J connectivity index is 2.05. The molecule has 1 aliphatic heterocycles. The summed E-state index contributed by atoms with van der Waals surface area (Å²) in [6.45, 7) is 1.61. The third-order valence-corrected chi connectivity index (χ3v) is 3.91. The van der Waals surface area contributed by atoms with Crippen LogP contribution in [0.2, 0.25) is 0 Å². The predicted octanol–water partition coefficient (Wildman–Crippen LogP) is 2.40. The minimum Gasteiger partial charge on any atom is -0.337 e. The van der Waals surface area contributed by atoms with Gasteiger partial charge in [0.15, 0.2) is 0 Å². The minimum absolute atomic E-state index is 0.0107. The second-order valence-electron chi connectivity index (χ2n) is 3.90. The second-order valence-corrected chi connectivity index (χ2v) is 5.04. The van der Waals surface area contributed by atoms with Crippen molar-refractivity contribution in [3.63, 3.8) is 0 Å². The van der Waals surface area contributed by atoms with Crippen molar-refractivity contribution in [1.29, 1.82) is 0 Å². The van der Waals surface area contributed by atoms with Crippen molar-refractivity contribution in [2.24, 2.45) is 0 Å². The summed E-state index contributed by atoms with van der Waals surface area (Å²) in [4.78, 5) is 13.9. The lowest BCUT2D eigenvalue weighted by Crippen LogP contribution is -2.29. The molecule has 1 saturated heterocycles. The van der Waals surface area contributed by atoms with Gasteiger partial charge in [-0.3, -0.25) is 4.79 Å². The quantitative estimate of drug-likeness (QED) is 0.790. The first-order chi connectivity index (χ1) is 7.70. The van der Waals surface area contributed by atoms with Gasteiger partial charge in [-0.05, 0) is 36.9 Å². The SMILES string of the molecule is CS[C@@H]1CCN(C(=O)c2ccc(F)cc2)C1. The lowest BCUT2D eigenvalue weighted by atomic mass is 10.2. The van der Waals surface area contributed by atoms with Crippen LogP contribution >= 0.6 is 11.8 Å². The van der Waals surface area contributed by atoms with E-state index in [1.165, 1.54) is 12.1 Å². The number of nitrogens with zero attached hydrogens (tertiary/aromatic N) is 1. The maximum atomic E-state index is 12.7. The fourth-order valence-corrected chi connectivity index (χ4v) is 2.55. The second kappa shape index (κ2) is 4.87. The average Bonchev–Trinajstić information content (AvgIpc) is 2.77. The molecule has 1 heterocycles. The molecule has 16 heavy (non-hydrogen) atoms. The molecule has 0 N–H and O–H groups in total. The van der Waals surface area contributed by atoms with E-state index >= 15 is 0 Å². The molecule has 0 spiro atoms. The van der Waals surface area contributed by atoms with E-state index in [0.717, 1.165) is 19.5 Å². The number of amides is 1. The lowest BCUT2D eigenvalue weighted by molar-refractivity contribution is 0.0793. The molecule has 0 saturated carbocycles. The van der Waals surface area contributed by atoms with Gasteiger partial charge in [-0.1, -0.05) is 0 Å². The smallest absolute Gasteiger partial charge is 0.253 e. The van der Waals surface area contributed by atoms with Crippen LogP contribution < -0.4 is 0 Å². The largest absolute Gasteiger partial charge is 0.337 e. The van der Waals surface area contributed by atoms with Gasteiger partial charge in [-0.25, -0.2) is 4.39 Å². The molecule has 2 rings (SSSR count). The van der Waals surface area contributed by atoms with Crippen LogP contribution in [0, 0.1) is 5.82 Å². The number of hydrogen-bond acceptors (Lipinski definition) is 2. The van der Waals surface area contributed by atoms with Crippen LogP contribution in [-0.4, -0.2) is 35.4 Å². The van der Waals surface area contributed by atoms with E-state index < -0.39 is 0 Å². The number of likely N-dealkylation sites (tertiary alicyclic amines) is 1. The van der Waals surface area contributed by atoms with Gasteiger partial charge in [0, 0.05) is 23.9 Å². The third-order valence-electron chi connectivity index (χ3n) is 2.86. The molecule has 0 radical (unpaired) electrons. The first-order valence-corrected chi connectivity index (χ1v) is 6.57. The molecule has 1 atom stereocenters. The van der Waals surface area contributed by atoms with Crippen molar-refractivity contribution < 1.29 is 9.18 Å². The minimum atomic E-state index is -0.306. The van der Waals surface area contributed by atoms with E-state index in [1.807, 2.05) is 4.90 Å². The van der Waals surface area contributed by atoms with E-state index in [9.17, 15) is 9.18 Å². The van der Waals surface area contributed by atoms with E-state index in [1.54, 1.807) is 23.9 Å². The van der Waals surface area contributed by atoms with Crippen LogP contribution in [-0.2, 0) is 0 Å². The number of carbonyl (C=O) groups excluding carboxylic acids is 1. The Labute approximate surface area is 98.8 Å². The van der Waals surface area contributed by atoms with Crippen molar-refractivity contribution >= 4 is 17.7 Å². The van der Waals surface area contributed by atoms with E-state index in [4.69, 9.17) is 0 Å². The topological polar surface area (TPSA) is 20.3 Å². The maximum absolute atomic E-state index is 12.7. The Morgan fingerprint density at radius 3 is 2.69 bits per heavy atom. The third kappa shape index (κ3) is 2.38. The summed E-state index contributed by atoms with van der Waals surface area (Å²) in [6.07, 6.45) is 3.12. The van der Waals surface area contributed by atoms with Crippen LogP contribution in [0.1, 0.15) is 16.8 Å². The molecular weight excluding hydrogens is 225 g/mol. The molecule has 2 nitrogen and oxygen atoms in total. The van der Waals surface area contributed by atoms with E-state index in [2.05, 4.69) is 6.26 Å². The van der Waals surface area contributed by atoms with Crippen LogP contribution in [0.3, 0.4) is 0 Å². The number of thioether (sulfide) groups is 1. The molecule has 1 aliphatic rings. The van der Waals surface area contributed by atoms with Crippen LogP contribution in [0.5, 0.6) is 0 Å². The summed E-state index contributed by atoms with van der Waals surface area (Å²) in [5.41, 5.74) is 0.572. The molecule has 1 fully saturated rings. The zero-order valence-electron chi connectivity index (χ0n) is 9.15. The van der Waals surface area contributed by atoms with Crippen molar-refractivity contribution in [3.8, 4) is 0 Å². The van der Waals surface area contributed by atoms with Crippen LogP contribution in [0.4, 0.5) is 4.39 Å². The van der Waals surface area contributed by atoms with Crippen LogP contribution in [0.15, 0.2) is 24.3 Å². The molecule has 1 aromatic rings. The number of carbonyl (C=O) groups is 1. The highest BCUT2D eigenvalue weighted by molar-refractivity contribution is 7.99. The molecule has 0 bridgehead atoms. The normalized spacial score (nSPS) is 20.1. The summed E-state index contributed by atoms with van der Waals surface area (Å²) in [6, 6.07) is 5.75. The highest BCUT2D eigenvalue weighted by atomic mass is 32.2. The molecule has 0 unspecified atom stereocenters. The number of halogens is 1. The fourth-order valence-electron chi connectivity index (χ4n) is 1.88. The van der Waals surface area contributed by atoms with Gasteiger partial charge in [0.05, 0.1) is 0 Å². The number of hydrogen-bond donors (Lipinski definition) is 0. The molecule has 0 aliphatic carbocycles. The molecule has 1 amide bonds. The van der Waals surface area contributed by atoms with Crippen molar-refractivity contribution in [2.75, 3.05) is 19.3 Å². The Hall–Kier alpha value is -1.03. The van der Waals surface area contributed by atoms with Gasteiger partial charge in [0.1, 0.15) is 5.82 Å². The molecule has 86 valence electrons. The molecular formula is C12H14FNOS. The average molecular weight is 239 g/mol. The summed E-state index contributed by atoms with van der Waals surface area (Å²) >= 11 is 1.80. The summed E-state index contributed by atoms with van der Waals surface area (Å²) in [5, 5.41) is 0.546. The number of rotatable bonds is 2. The molecule has 0 aromatic heterocycles. The fraction of sp³-hybridized carbons (Fsp3) is 0.417. The van der Waals surface area contributed by atoms with Crippen molar-refractivity contribution in [2.45, 2.75) is 11.7 Å². The Morgan fingerprint density at radius 2 is 2.12 bits per heavy atom. The zero-order chi connectivity index (χ0) is 11.5. The highest BCUT2D eigenvalue weighted by Gasteiger charge is 2.26. The monoisotopic (exact) mass is 239 g/mol. The van der Waals surface area contributed by atoms with Crippen LogP contribution in [0.25, 0.3) is 0 Å². The summed E-state index contributed by atoms with van der Waals surface area (Å²) in [7, 11) is 0. The molecule has 1 aromatic carbocycles. The Morgan fingerprint density at radius 1 is 1.44 bits per heavy atom. The van der Waals surface area contributed by atoms with Gasteiger partial charge in [-0.2, -0.15) is 11.8 Å². The van der Waals surface area contributed by atoms with Crippen molar-refractivity contribution in [1.82, 2.24) is 4.90 Å². The van der Waals surface area contributed by atoms with Gasteiger partial charge >= 0.3 is 0 Å². The van der Waals surface area contributed by atoms with Gasteiger partial charge in [-0.15, -0.1) is 0 Å². The highest BCUT2D eigenvalue weighted by Crippen LogP contribution is 2.21. The van der Waals surface area contributed by atoms with Crippen molar-refractivity contribution in [3.05, 3.63) is 35.6 Å². The summed E-state index contributed by atoms with van der Waals surface area (Å²) < 4.78 is 12.7. The first-order valence-electron chi connectivity index (χ1n) is 5.28. The summed E-state index contributed by atoms with van der Waals surface area (Å²) in [5.74, 6) is -0.295. The Kier molecular flexibility index (Phi) is 3.49. The predicted molar refractivity (Wildman–Crippen MR) is 64.2 cm³/mol. The molecule has 4 heteroatoms. The zero-order valence-corrected chi connectivity index (χ0v) is 9.97. The Bertz CT molecular complexity index is 379. The van der Waals surface area contributed by atoms with Gasteiger partial charge in [0.2, 0.25) is 0 Å². The number of benzene rings is 1. The maximum Gasteiger partial charge on any atom is 0.253 e. The lowest BCUT2D eigenvalue weighted by Gasteiger charge is -2.15. The van der Waals surface area contributed by atoms with E-state index in [-0.39, 0.29) is 11.7 Å². The standard InChI is InChI=1S/C12H14FNOS/c1-16-11-6-7-14(8-11)12(15)9-2-4-10(13)5-3-9/h2-5,11H,6-8H2,1H3/t11-/m1/s1. The van der Waals surface area contributed by atoms with E-state index in [0.29, 0.717) is 10.8 Å². The van der Waals surface area contributed by atoms with Gasteiger partial charge < -0.3 is 4.90 Å². The first kappa shape index (κ1) is 11.5.